The Bertz CT molecular complexity index is 1710. The minimum absolute atomic E-state index is 0.0148. The summed E-state index contributed by atoms with van der Waals surface area (Å²) in [4.78, 5) is 41.0. The van der Waals surface area contributed by atoms with Crippen molar-refractivity contribution >= 4 is 34.6 Å². The minimum Gasteiger partial charge on any atom is -0.481 e. The second-order valence-electron chi connectivity index (χ2n) is 17.1. The smallest absolute Gasteiger partial charge is 0.411 e. The third-order valence-corrected chi connectivity index (χ3v) is 14.4. The molecule has 0 spiro atoms. The molecule has 4 N–H and O–H groups in total. The van der Waals surface area contributed by atoms with Crippen LogP contribution in [-0.4, -0.2) is 40.2 Å². The summed E-state index contributed by atoms with van der Waals surface area (Å²) in [6, 6.07) is 17.1. The zero-order valence-corrected chi connectivity index (χ0v) is 30.7. The van der Waals surface area contributed by atoms with Gasteiger partial charge in [-0.2, -0.15) is 0 Å². The van der Waals surface area contributed by atoms with Crippen LogP contribution in [0.4, 0.5) is 10.5 Å². The number of aliphatic carboxylic acids is 1. The third kappa shape index (κ3) is 7.30. The van der Waals surface area contributed by atoms with E-state index < -0.39 is 12.0 Å². The van der Waals surface area contributed by atoms with E-state index in [0.29, 0.717) is 41.4 Å². The maximum Gasteiger partial charge on any atom is 0.411 e. The van der Waals surface area contributed by atoms with Crippen LogP contribution >= 0.6 is 0 Å². The molecule has 1 aromatic heterocycles. The molecule has 4 aliphatic carbocycles. The third-order valence-electron chi connectivity index (χ3n) is 14.4. The summed E-state index contributed by atoms with van der Waals surface area (Å²) in [6.45, 7) is 7.48. The number of ether oxygens (including phenoxy) is 1. The van der Waals surface area contributed by atoms with Gasteiger partial charge in [-0.25, -0.2) is 4.79 Å². The van der Waals surface area contributed by atoms with Crippen molar-refractivity contribution in [3.63, 3.8) is 0 Å². The molecule has 4 aliphatic rings. The first kappa shape index (κ1) is 35.6. The zero-order valence-electron chi connectivity index (χ0n) is 30.7. The van der Waals surface area contributed by atoms with Crippen molar-refractivity contribution in [2.75, 3.05) is 5.32 Å². The lowest BCUT2D eigenvalue weighted by atomic mass is 9.44. The van der Waals surface area contributed by atoms with Gasteiger partial charge in [-0.1, -0.05) is 57.2 Å². The van der Waals surface area contributed by atoms with Crippen LogP contribution in [0.25, 0.3) is 10.9 Å². The molecule has 51 heavy (non-hydrogen) atoms. The lowest BCUT2D eigenvalue weighted by Gasteiger charge is -2.61. The number of carboxylic acids is 1. The highest BCUT2D eigenvalue weighted by atomic mass is 16.6. The summed E-state index contributed by atoms with van der Waals surface area (Å²) >= 11 is 0. The molecule has 2 amide bonds. The van der Waals surface area contributed by atoms with Crippen LogP contribution in [0.5, 0.6) is 0 Å². The number of hydrogen-bond acceptors (Lipinski definition) is 4. The average molecular weight is 696 g/mol. The van der Waals surface area contributed by atoms with Crippen LogP contribution in [0.1, 0.15) is 103 Å². The molecular weight excluding hydrogens is 638 g/mol. The summed E-state index contributed by atoms with van der Waals surface area (Å²) in [5.41, 5.74) is 3.42. The number of para-hydroxylation sites is 2. The topological polar surface area (TPSA) is 121 Å². The first-order chi connectivity index (χ1) is 24.5. The molecule has 7 rings (SSSR count). The molecule has 10 atom stereocenters. The fourth-order valence-corrected chi connectivity index (χ4v) is 11.9. The molecule has 3 aromatic rings. The van der Waals surface area contributed by atoms with Gasteiger partial charge in [-0.15, -0.1) is 0 Å². The Labute approximate surface area is 302 Å². The number of fused-ring (bicyclic) bond motifs is 6. The molecule has 4 fully saturated rings. The quantitative estimate of drug-likeness (QED) is 0.159. The van der Waals surface area contributed by atoms with Crippen molar-refractivity contribution < 1.29 is 24.2 Å². The van der Waals surface area contributed by atoms with E-state index >= 15 is 0 Å². The van der Waals surface area contributed by atoms with Gasteiger partial charge >= 0.3 is 12.1 Å². The molecule has 0 unspecified atom stereocenters. The first-order valence-electron chi connectivity index (χ1n) is 19.6. The molecule has 274 valence electrons. The van der Waals surface area contributed by atoms with Crippen molar-refractivity contribution in [1.82, 2.24) is 10.3 Å². The molecule has 0 saturated heterocycles. The number of aromatic amines is 1. The summed E-state index contributed by atoms with van der Waals surface area (Å²) < 4.78 is 5.96. The van der Waals surface area contributed by atoms with Crippen molar-refractivity contribution in [3.05, 3.63) is 66.4 Å². The number of carbonyl (C=O) groups excluding carboxylic acids is 2. The van der Waals surface area contributed by atoms with Crippen LogP contribution < -0.4 is 10.6 Å². The number of anilines is 1. The summed E-state index contributed by atoms with van der Waals surface area (Å²) in [6.07, 6.45) is 13.8. The number of carbonyl (C=O) groups is 3. The Morgan fingerprint density at radius 3 is 2.47 bits per heavy atom. The zero-order chi connectivity index (χ0) is 35.8. The van der Waals surface area contributed by atoms with Crippen LogP contribution in [0.2, 0.25) is 0 Å². The second kappa shape index (κ2) is 14.7. The summed E-state index contributed by atoms with van der Waals surface area (Å²) in [5, 5.41) is 16.7. The molecule has 8 heteroatoms. The van der Waals surface area contributed by atoms with Gasteiger partial charge in [0.05, 0.1) is 6.42 Å². The van der Waals surface area contributed by atoms with E-state index in [0.717, 1.165) is 65.6 Å². The summed E-state index contributed by atoms with van der Waals surface area (Å²) in [5.74, 6) is 2.93. The van der Waals surface area contributed by atoms with Gasteiger partial charge in [0.25, 0.3) is 0 Å². The van der Waals surface area contributed by atoms with E-state index in [1.165, 1.54) is 38.5 Å². The van der Waals surface area contributed by atoms with Crippen LogP contribution in [0.15, 0.2) is 60.8 Å². The minimum atomic E-state index is -0.899. The number of rotatable bonds is 11. The molecule has 8 nitrogen and oxygen atoms in total. The highest BCUT2D eigenvalue weighted by Crippen LogP contribution is 2.68. The summed E-state index contributed by atoms with van der Waals surface area (Å²) in [7, 11) is 0. The molecular formula is C43H57N3O5. The van der Waals surface area contributed by atoms with Gasteiger partial charge in [-0.3, -0.25) is 14.9 Å². The van der Waals surface area contributed by atoms with Gasteiger partial charge in [0.1, 0.15) is 6.10 Å². The van der Waals surface area contributed by atoms with Crippen LogP contribution in [0, 0.1) is 46.3 Å². The molecule has 0 aliphatic heterocycles. The Balaban J connectivity index is 0.923. The van der Waals surface area contributed by atoms with E-state index in [4.69, 9.17) is 4.74 Å². The van der Waals surface area contributed by atoms with Gasteiger partial charge < -0.3 is 20.1 Å². The largest absolute Gasteiger partial charge is 0.481 e. The Morgan fingerprint density at radius 1 is 0.922 bits per heavy atom. The monoisotopic (exact) mass is 695 g/mol. The van der Waals surface area contributed by atoms with E-state index in [-0.39, 0.29) is 24.5 Å². The first-order valence-corrected chi connectivity index (χ1v) is 19.6. The Hall–Kier alpha value is -3.81. The SMILES string of the molecule is C[C@H](CCC(=O)N[C@H](CC(=O)O)Cc1c[nH]c2ccccc12)[C@H]1CC[C@H]2[C@@H]3CC[C@@H]4C[C@H](OC(=O)Nc5ccccc5)CC[C@]4(C)[C@H]3CC[C@]12C. The number of hydrogen-bond donors (Lipinski definition) is 4. The highest BCUT2D eigenvalue weighted by molar-refractivity contribution is 5.85. The predicted molar refractivity (Wildman–Crippen MR) is 200 cm³/mol. The molecule has 0 bridgehead atoms. The van der Waals surface area contributed by atoms with Crippen molar-refractivity contribution in [2.45, 2.75) is 116 Å². The molecule has 1 heterocycles. The van der Waals surface area contributed by atoms with E-state index in [1.807, 2.05) is 60.8 Å². The van der Waals surface area contributed by atoms with Gasteiger partial charge in [0, 0.05) is 35.2 Å². The number of nitrogens with one attached hydrogen (secondary N) is 3. The van der Waals surface area contributed by atoms with E-state index in [9.17, 15) is 19.5 Å². The second-order valence-corrected chi connectivity index (χ2v) is 17.1. The number of amides is 2. The average Bonchev–Trinajstić information content (AvgIpc) is 3.68. The van der Waals surface area contributed by atoms with E-state index in [2.05, 4.69) is 36.4 Å². The number of benzene rings is 2. The highest BCUT2D eigenvalue weighted by Gasteiger charge is 2.60. The van der Waals surface area contributed by atoms with Gasteiger partial charge in [0.15, 0.2) is 0 Å². The van der Waals surface area contributed by atoms with Crippen molar-refractivity contribution in [2.24, 2.45) is 46.3 Å². The number of aromatic nitrogens is 1. The maximum atomic E-state index is 13.3. The van der Waals surface area contributed by atoms with Crippen molar-refractivity contribution in [1.29, 1.82) is 0 Å². The predicted octanol–water partition coefficient (Wildman–Crippen LogP) is 9.36. The fourth-order valence-electron chi connectivity index (χ4n) is 11.9. The lowest BCUT2D eigenvalue weighted by molar-refractivity contribution is -0.137. The molecule has 4 saturated carbocycles. The number of H-pyrrole nitrogens is 1. The molecule has 2 aromatic carbocycles. The van der Waals surface area contributed by atoms with Gasteiger partial charge in [-0.05, 0) is 141 Å². The van der Waals surface area contributed by atoms with Crippen LogP contribution in [0.3, 0.4) is 0 Å². The van der Waals surface area contributed by atoms with Crippen molar-refractivity contribution in [3.8, 4) is 0 Å². The Kier molecular flexibility index (Phi) is 10.2. The van der Waals surface area contributed by atoms with E-state index in [1.54, 1.807) is 0 Å². The standard InChI is InChI=1S/C43H57N3O5/c1-27(13-18-39(47)45-31(25-40(48)49)23-28-26-44-38-12-8-7-11-33(28)38)35-16-17-36-34-15-14-29-24-32(51-41(50)46-30-9-5-4-6-10-30)19-21-42(29,2)37(34)20-22-43(35,36)3/h4-12,26-27,29,31-32,34-37,44H,13-25H2,1-3H3,(H,45,47)(H,46,50)(H,48,49)/t27-,29-,31+,32-,34+,35-,36+,37+,42+,43-/m1/s1. The lowest BCUT2D eigenvalue weighted by Crippen LogP contribution is -2.54. The fraction of sp³-hybridized carbons (Fsp3) is 0.605. The normalized spacial score (nSPS) is 32.5. The van der Waals surface area contributed by atoms with Crippen LogP contribution in [-0.2, 0) is 20.7 Å². The molecule has 0 radical (unpaired) electrons. The number of carboxylic acid groups (broad SMARTS) is 1. The van der Waals surface area contributed by atoms with Gasteiger partial charge in [0.2, 0.25) is 5.91 Å². The maximum absolute atomic E-state index is 13.3. The Morgan fingerprint density at radius 2 is 1.67 bits per heavy atom.